The molecular weight excluding hydrogens is 465 g/mol. The zero-order valence-electron chi connectivity index (χ0n) is 19.5. The number of alkyl halides is 1. The lowest BCUT2D eigenvalue weighted by Gasteiger charge is -2.40. The van der Waals surface area contributed by atoms with Gasteiger partial charge in [-0.2, -0.15) is 0 Å². The summed E-state index contributed by atoms with van der Waals surface area (Å²) in [6, 6.07) is 7.20. The van der Waals surface area contributed by atoms with E-state index in [2.05, 4.69) is 35.6 Å². The number of benzene rings is 1. The molecule has 0 spiro atoms. The van der Waals surface area contributed by atoms with Gasteiger partial charge in [-0.1, -0.05) is 6.07 Å². The lowest BCUT2D eigenvalue weighted by atomic mass is 9.96. The number of phenolic OH excluding ortho intramolecular Hbond substituents is 1. The average molecular weight is 492 g/mol. The Morgan fingerprint density at radius 2 is 1.83 bits per heavy atom. The van der Waals surface area contributed by atoms with E-state index < -0.39 is 6.17 Å². The van der Waals surface area contributed by atoms with E-state index in [0.717, 1.165) is 32.1 Å². The van der Waals surface area contributed by atoms with Crippen molar-refractivity contribution in [2.24, 2.45) is 0 Å². The molecule has 1 saturated carbocycles. The van der Waals surface area contributed by atoms with E-state index in [1.54, 1.807) is 24.4 Å². The van der Waals surface area contributed by atoms with Crippen molar-refractivity contribution in [3.05, 3.63) is 30.5 Å². The molecule has 4 atom stereocenters. The number of rotatable bonds is 5. The predicted octanol–water partition coefficient (Wildman–Crippen LogP) is 2.67. The molecule has 2 saturated heterocycles. The summed E-state index contributed by atoms with van der Waals surface area (Å²) in [5.74, 6) is 1.37. The van der Waals surface area contributed by atoms with Gasteiger partial charge in [-0.25, -0.2) is 9.37 Å². The van der Waals surface area contributed by atoms with Crippen molar-refractivity contribution >= 4 is 5.95 Å². The van der Waals surface area contributed by atoms with Gasteiger partial charge in [0, 0.05) is 35.3 Å². The number of nitrogens with one attached hydrogen (secondary N) is 1. The van der Waals surface area contributed by atoms with Crippen molar-refractivity contribution in [1.82, 2.24) is 30.7 Å². The zero-order chi connectivity index (χ0) is 24.2. The van der Waals surface area contributed by atoms with Crippen LogP contribution in [0.1, 0.15) is 32.1 Å². The number of hydrogen-bond donors (Lipinski definition) is 2. The van der Waals surface area contributed by atoms with Crippen molar-refractivity contribution in [2.45, 2.75) is 62.4 Å². The number of phenols is 1. The van der Waals surface area contributed by atoms with E-state index in [1.165, 1.54) is 0 Å². The van der Waals surface area contributed by atoms with Gasteiger partial charge in [0.15, 0.2) is 5.75 Å². The molecule has 1 aromatic carbocycles. The minimum absolute atomic E-state index is 0.0193. The summed E-state index contributed by atoms with van der Waals surface area (Å²) in [6.45, 7) is 0.892. The summed E-state index contributed by atoms with van der Waals surface area (Å²) in [7, 11) is 0. The van der Waals surface area contributed by atoms with Crippen LogP contribution in [0, 0.1) is 0 Å². The number of halogens is 1. The van der Waals surface area contributed by atoms with E-state index in [1.807, 2.05) is 6.07 Å². The van der Waals surface area contributed by atoms with Gasteiger partial charge in [0.05, 0.1) is 17.9 Å². The Morgan fingerprint density at radius 1 is 0.972 bits per heavy atom. The molecule has 5 heterocycles. The largest absolute Gasteiger partial charge is 0.507 e. The van der Waals surface area contributed by atoms with Crippen molar-refractivity contribution in [3.63, 3.8) is 0 Å². The highest BCUT2D eigenvalue weighted by Gasteiger charge is 2.48. The maximum atomic E-state index is 15.3. The quantitative estimate of drug-likeness (QED) is 0.551. The number of ether oxygens (including phenoxy) is 2. The lowest BCUT2D eigenvalue weighted by Crippen LogP contribution is -2.57. The predicted molar refractivity (Wildman–Crippen MR) is 128 cm³/mol. The molecule has 10 nitrogen and oxygen atoms in total. The smallest absolute Gasteiger partial charge is 0.276 e. The summed E-state index contributed by atoms with van der Waals surface area (Å²) >= 11 is 0. The number of nitrogens with zero attached hydrogens (tertiary/aromatic N) is 6. The Balaban J connectivity index is 1.14. The molecule has 3 fully saturated rings. The lowest BCUT2D eigenvalue weighted by molar-refractivity contribution is 0.162. The second kappa shape index (κ2) is 8.51. The minimum Gasteiger partial charge on any atom is -0.507 e. The summed E-state index contributed by atoms with van der Waals surface area (Å²) in [5.41, 5.74) is 2.16. The van der Waals surface area contributed by atoms with Gasteiger partial charge in [0.1, 0.15) is 30.8 Å². The average Bonchev–Trinajstić information content (AvgIpc) is 3.66. The molecule has 0 unspecified atom stereocenters. The molecule has 7 rings (SSSR count). The van der Waals surface area contributed by atoms with E-state index in [4.69, 9.17) is 9.47 Å². The first kappa shape index (κ1) is 21.7. The molecule has 3 aromatic rings. The van der Waals surface area contributed by atoms with Gasteiger partial charge in [0.25, 0.3) is 5.88 Å². The van der Waals surface area contributed by atoms with Crippen LogP contribution in [-0.2, 0) is 0 Å². The topological polar surface area (TPSA) is 118 Å². The van der Waals surface area contributed by atoms with Crippen molar-refractivity contribution < 1.29 is 19.0 Å². The molecule has 2 N–H and O–H groups in total. The third kappa shape index (κ3) is 3.78. The molecule has 0 radical (unpaired) electrons. The maximum Gasteiger partial charge on any atom is 0.276 e. The van der Waals surface area contributed by atoms with E-state index in [0.29, 0.717) is 59.3 Å². The third-order valence-corrected chi connectivity index (χ3v) is 7.51. The Morgan fingerprint density at radius 3 is 2.64 bits per heavy atom. The molecule has 4 aliphatic rings. The summed E-state index contributed by atoms with van der Waals surface area (Å²) in [6.07, 6.45) is 5.33. The molecule has 2 aromatic heterocycles. The summed E-state index contributed by atoms with van der Waals surface area (Å²) < 4.78 is 26.3. The van der Waals surface area contributed by atoms with Crippen molar-refractivity contribution in [1.29, 1.82) is 0 Å². The number of aromatic hydroxyl groups is 1. The zero-order valence-corrected chi connectivity index (χ0v) is 19.5. The fraction of sp³-hybridized carbons (Fsp3) is 0.480. The van der Waals surface area contributed by atoms with E-state index in [9.17, 15) is 5.11 Å². The monoisotopic (exact) mass is 491 g/mol. The van der Waals surface area contributed by atoms with Crippen LogP contribution >= 0.6 is 0 Å². The molecule has 1 aliphatic carbocycles. The van der Waals surface area contributed by atoms with Crippen LogP contribution in [0.15, 0.2) is 30.5 Å². The Bertz CT molecular complexity index is 1290. The second-order valence-electron chi connectivity index (χ2n) is 9.90. The highest BCUT2D eigenvalue weighted by Crippen LogP contribution is 2.40. The first-order valence-electron chi connectivity index (χ1n) is 12.5. The number of aromatic nitrogens is 5. The Kier molecular flexibility index (Phi) is 5.12. The van der Waals surface area contributed by atoms with E-state index >= 15 is 4.39 Å². The highest BCUT2D eigenvalue weighted by atomic mass is 19.1. The number of fused-ring (bicyclic) bond motifs is 3. The summed E-state index contributed by atoms with van der Waals surface area (Å²) in [4.78, 5) is 6.62. The van der Waals surface area contributed by atoms with Gasteiger partial charge >= 0.3 is 0 Å². The highest BCUT2D eigenvalue weighted by molar-refractivity contribution is 5.73. The van der Waals surface area contributed by atoms with Gasteiger partial charge in [-0.05, 0) is 44.2 Å². The van der Waals surface area contributed by atoms with Crippen LogP contribution in [0.3, 0.4) is 0 Å². The first-order valence-corrected chi connectivity index (χ1v) is 12.5. The molecule has 3 aliphatic heterocycles. The molecule has 186 valence electrons. The van der Waals surface area contributed by atoms with Crippen LogP contribution in [0.2, 0.25) is 0 Å². The first-order chi connectivity index (χ1) is 17.6. The molecule has 2 bridgehead atoms. The van der Waals surface area contributed by atoms with Crippen LogP contribution in [0.4, 0.5) is 10.3 Å². The number of anilines is 1. The Labute approximate surface area is 206 Å². The maximum absolute atomic E-state index is 15.3. The van der Waals surface area contributed by atoms with Crippen molar-refractivity contribution in [3.8, 4) is 39.9 Å². The molecule has 0 amide bonds. The minimum atomic E-state index is -0.951. The second-order valence-corrected chi connectivity index (χ2v) is 9.90. The number of hydrogen-bond acceptors (Lipinski definition) is 10. The molecule has 11 heteroatoms. The normalized spacial score (nSPS) is 26.6. The van der Waals surface area contributed by atoms with Gasteiger partial charge < -0.3 is 24.8 Å². The summed E-state index contributed by atoms with van der Waals surface area (Å²) in [5, 5.41) is 31.1. The molecular formula is C25H26FN7O3. The van der Waals surface area contributed by atoms with Crippen LogP contribution in [0.5, 0.6) is 17.4 Å². The van der Waals surface area contributed by atoms with Crippen LogP contribution in [-0.4, -0.2) is 74.0 Å². The number of piperidine rings is 1. The van der Waals surface area contributed by atoms with Crippen LogP contribution < -0.4 is 19.7 Å². The molecule has 36 heavy (non-hydrogen) atoms. The van der Waals surface area contributed by atoms with Gasteiger partial charge in [-0.3, -0.25) is 0 Å². The fourth-order valence-electron chi connectivity index (χ4n) is 5.60. The third-order valence-electron chi connectivity index (χ3n) is 7.51. The SMILES string of the molecule is Oc1cc(-c2cc3c(nn2)OCCO3)ccc1-c1cnc(N(C2CC2)[C@H]2C[C@@H]3CC[C@H](N3)[C@H]2F)nn1. The standard InChI is InChI=1S/C25H26FN7O3/c26-23-17-6-2-14(28-17)10-20(23)33(15-3-4-15)25-27-12-19(30-32-25)16-5-1-13(9-21(16)34)18-11-22-24(31-29-18)36-8-7-35-22/h1,5,9,11-12,14-15,17,20,23,28,34H,2-4,6-8,10H2/t14-,17-,20-,23+/m0/s1. The van der Waals surface area contributed by atoms with Gasteiger partial charge in [-0.15, -0.1) is 20.4 Å². The van der Waals surface area contributed by atoms with Crippen LogP contribution in [0.25, 0.3) is 22.5 Å². The van der Waals surface area contributed by atoms with E-state index in [-0.39, 0.29) is 23.9 Å². The van der Waals surface area contributed by atoms with Gasteiger partial charge in [0.2, 0.25) is 5.95 Å². The fourth-order valence-corrected chi connectivity index (χ4v) is 5.60. The van der Waals surface area contributed by atoms with Crippen molar-refractivity contribution in [2.75, 3.05) is 18.1 Å². The Hall–Kier alpha value is -3.60.